The molecule has 1 aromatic carbocycles. The van der Waals surface area contributed by atoms with Gasteiger partial charge in [0, 0.05) is 11.9 Å². The molecular weight excluding hydrogens is 178 g/mol. The van der Waals surface area contributed by atoms with Crippen molar-refractivity contribution < 1.29 is 9.90 Å². The second-order valence-corrected chi connectivity index (χ2v) is 3.59. The Kier molecular flexibility index (Phi) is 1.29. The summed E-state index contributed by atoms with van der Waals surface area (Å²) in [6.45, 7) is 0.796. The van der Waals surface area contributed by atoms with Crippen LogP contribution in [0.1, 0.15) is 16.1 Å². The SMILES string of the molecule is O=C(O)c1cc2cccc3c2n1CC3. The number of aromatic carboxylic acids is 1. The van der Waals surface area contributed by atoms with E-state index in [0.717, 1.165) is 23.9 Å². The number of carboxylic acid groups (broad SMARTS) is 1. The minimum Gasteiger partial charge on any atom is -0.477 e. The van der Waals surface area contributed by atoms with Gasteiger partial charge in [0.2, 0.25) is 0 Å². The van der Waals surface area contributed by atoms with Crippen molar-refractivity contribution in [2.45, 2.75) is 13.0 Å². The molecule has 2 heterocycles. The van der Waals surface area contributed by atoms with Gasteiger partial charge in [-0.3, -0.25) is 0 Å². The molecule has 0 spiro atoms. The van der Waals surface area contributed by atoms with Crippen LogP contribution in [0.15, 0.2) is 24.3 Å². The fraction of sp³-hybridized carbons (Fsp3) is 0.182. The summed E-state index contributed by atoms with van der Waals surface area (Å²) < 4.78 is 1.90. The van der Waals surface area contributed by atoms with Crippen LogP contribution in [0.2, 0.25) is 0 Å². The number of nitrogens with zero attached hydrogens (tertiary/aromatic N) is 1. The Balaban J connectivity index is 2.46. The first-order valence-corrected chi connectivity index (χ1v) is 4.62. The maximum atomic E-state index is 11.0. The average Bonchev–Trinajstić information content (AvgIpc) is 2.72. The van der Waals surface area contributed by atoms with E-state index in [4.69, 9.17) is 5.11 Å². The first-order chi connectivity index (χ1) is 6.77. The second kappa shape index (κ2) is 2.38. The lowest BCUT2D eigenvalue weighted by Crippen LogP contribution is -2.05. The van der Waals surface area contributed by atoms with E-state index in [-0.39, 0.29) is 0 Å². The fourth-order valence-corrected chi connectivity index (χ4v) is 2.25. The molecule has 3 heteroatoms. The third kappa shape index (κ3) is 0.789. The number of carboxylic acids is 1. The molecule has 70 valence electrons. The smallest absolute Gasteiger partial charge is 0.352 e. The number of aryl methyl sites for hydroxylation is 2. The van der Waals surface area contributed by atoms with Crippen LogP contribution in [0, 0.1) is 0 Å². The standard InChI is InChI=1S/C11H9NO2/c13-11(14)9-6-8-3-1-2-7-4-5-12(9)10(7)8/h1-3,6H,4-5H2,(H,13,14). The Labute approximate surface area is 80.6 Å². The molecule has 3 rings (SSSR count). The van der Waals surface area contributed by atoms with Crippen molar-refractivity contribution in [3.05, 3.63) is 35.5 Å². The van der Waals surface area contributed by atoms with E-state index in [1.807, 2.05) is 16.7 Å². The molecule has 1 aliphatic heterocycles. The van der Waals surface area contributed by atoms with Crippen LogP contribution in [-0.2, 0) is 13.0 Å². The van der Waals surface area contributed by atoms with E-state index >= 15 is 0 Å². The van der Waals surface area contributed by atoms with Crippen molar-refractivity contribution in [2.24, 2.45) is 0 Å². The Morgan fingerprint density at radius 3 is 3.07 bits per heavy atom. The monoisotopic (exact) mass is 187 g/mol. The Bertz CT molecular complexity index is 539. The number of carbonyl (C=O) groups is 1. The molecule has 0 bridgehead atoms. The molecule has 0 fully saturated rings. The van der Waals surface area contributed by atoms with E-state index < -0.39 is 5.97 Å². The predicted molar refractivity (Wildman–Crippen MR) is 52.6 cm³/mol. The minimum atomic E-state index is -0.839. The molecule has 1 aliphatic rings. The van der Waals surface area contributed by atoms with E-state index in [9.17, 15) is 4.79 Å². The van der Waals surface area contributed by atoms with E-state index in [2.05, 4.69) is 6.07 Å². The van der Waals surface area contributed by atoms with Crippen molar-refractivity contribution >= 4 is 16.9 Å². The quantitative estimate of drug-likeness (QED) is 0.740. The van der Waals surface area contributed by atoms with Gasteiger partial charge in [0.15, 0.2) is 0 Å². The zero-order valence-corrected chi connectivity index (χ0v) is 7.53. The van der Waals surface area contributed by atoms with Gasteiger partial charge in [0.05, 0.1) is 5.52 Å². The van der Waals surface area contributed by atoms with Gasteiger partial charge >= 0.3 is 5.97 Å². The Morgan fingerprint density at radius 1 is 1.43 bits per heavy atom. The van der Waals surface area contributed by atoms with E-state index in [0.29, 0.717) is 5.69 Å². The maximum Gasteiger partial charge on any atom is 0.352 e. The highest BCUT2D eigenvalue weighted by Gasteiger charge is 2.20. The van der Waals surface area contributed by atoms with Gasteiger partial charge in [-0.25, -0.2) is 4.79 Å². The molecule has 0 unspecified atom stereocenters. The van der Waals surface area contributed by atoms with Crippen LogP contribution in [0.3, 0.4) is 0 Å². The van der Waals surface area contributed by atoms with Crippen LogP contribution < -0.4 is 0 Å². The maximum absolute atomic E-state index is 11.0. The van der Waals surface area contributed by atoms with Crippen LogP contribution in [0.4, 0.5) is 0 Å². The van der Waals surface area contributed by atoms with Crippen molar-refractivity contribution in [1.29, 1.82) is 0 Å². The summed E-state index contributed by atoms with van der Waals surface area (Å²) in [4.78, 5) is 11.0. The number of aromatic nitrogens is 1. The summed E-state index contributed by atoms with van der Waals surface area (Å²) in [5, 5.41) is 10.0. The lowest BCUT2D eigenvalue weighted by molar-refractivity contribution is 0.0686. The molecule has 0 aliphatic carbocycles. The third-order valence-electron chi connectivity index (χ3n) is 2.83. The molecule has 2 aromatic rings. The van der Waals surface area contributed by atoms with Gasteiger partial charge in [0.1, 0.15) is 5.69 Å². The molecule has 14 heavy (non-hydrogen) atoms. The van der Waals surface area contributed by atoms with E-state index in [1.54, 1.807) is 6.07 Å². The molecule has 0 saturated carbocycles. The van der Waals surface area contributed by atoms with Crippen LogP contribution >= 0.6 is 0 Å². The lowest BCUT2D eigenvalue weighted by Gasteiger charge is -1.98. The van der Waals surface area contributed by atoms with E-state index in [1.165, 1.54) is 5.56 Å². The lowest BCUT2D eigenvalue weighted by atomic mass is 10.1. The summed E-state index contributed by atoms with van der Waals surface area (Å²) in [5.74, 6) is -0.839. The number of benzene rings is 1. The van der Waals surface area contributed by atoms with Crippen LogP contribution in [0.5, 0.6) is 0 Å². The zero-order chi connectivity index (χ0) is 9.71. The summed E-state index contributed by atoms with van der Waals surface area (Å²) in [6.07, 6.45) is 0.952. The molecule has 1 aromatic heterocycles. The predicted octanol–water partition coefficient (Wildman–Crippen LogP) is 1.90. The highest BCUT2D eigenvalue weighted by Crippen LogP contribution is 2.29. The highest BCUT2D eigenvalue weighted by atomic mass is 16.4. The minimum absolute atomic E-state index is 0.407. The Morgan fingerprint density at radius 2 is 2.29 bits per heavy atom. The summed E-state index contributed by atoms with van der Waals surface area (Å²) in [5.41, 5.74) is 2.77. The van der Waals surface area contributed by atoms with Gasteiger partial charge in [0.25, 0.3) is 0 Å². The largest absolute Gasteiger partial charge is 0.477 e. The highest BCUT2D eigenvalue weighted by molar-refractivity contribution is 5.96. The normalized spacial score (nSPS) is 13.7. The Hall–Kier alpha value is -1.77. The fourth-order valence-electron chi connectivity index (χ4n) is 2.25. The summed E-state index contributed by atoms with van der Waals surface area (Å²) in [7, 11) is 0. The first-order valence-electron chi connectivity index (χ1n) is 4.62. The molecule has 0 radical (unpaired) electrons. The van der Waals surface area contributed by atoms with Crippen molar-refractivity contribution in [1.82, 2.24) is 4.57 Å². The van der Waals surface area contributed by atoms with Gasteiger partial charge in [-0.1, -0.05) is 18.2 Å². The van der Waals surface area contributed by atoms with Crippen molar-refractivity contribution in [3.8, 4) is 0 Å². The van der Waals surface area contributed by atoms with Gasteiger partial charge in [-0.2, -0.15) is 0 Å². The second-order valence-electron chi connectivity index (χ2n) is 3.59. The van der Waals surface area contributed by atoms with Crippen LogP contribution in [0.25, 0.3) is 10.9 Å². The van der Waals surface area contributed by atoms with Gasteiger partial charge in [-0.05, 0) is 18.1 Å². The zero-order valence-electron chi connectivity index (χ0n) is 7.53. The molecule has 0 atom stereocenters. The molecule has 0 amide bonds. The number of hydrogen-bond donors (Lipinski definition) is 1. The molecule has 3 nitrogen and oxygen atoms in total. The molecular formula is C11H9NO2. The van der Waals surface area contributed by atoms with Crippen LogP contribution in [-0.4, -0.2) is 15.6 Å². The first kappa shape index (κ1) is 7.62. The summed E-state index contributed by atoms with van der Waals surface area (Å²) >= 11 is 0. The van der Waals surface area contributed by atoms with Gasteiger partial charge < -0.3 is 9.67 Å². The molecule has 0 saturated heterocycles. The van der Waals surface area contributed by atoms with Gasteiger partial charge in [-0.15, -0.1) is 0 Å². The average molecular weight is 187 g/mol. The van der Waals surface area contributed by atoms with Crippen molar-refractivity contribution in [3.63, 3.8) is 0 Å². The van der Waals surface area contributed by atoms with Crippen molar-refractivity contribution in [2.75, 3.05) is 0 Å². The molecule has 1 N–H and O–H groups in total. The third-order valence-corrected chi connectivity index (χ3v) is 2.83. The summed E-state index contributed by atoms with van der Waals surface area (Å²) in [6, 6.07) is 7.77. The topological polar surface area (TPSA) is 42.2 Å². The number of hydrogen-bond acceptors (Lipinski definition) is 1. The number of rotatable bonds is 1. The number of para-hydroxylation sites is 1.